The summed E-state index contributed by atoms with van der Waals surface area (Å²) >= 11 is 0. The molecule has 3 nitrogen and oxygen atoms in total. The van der Waals surface area contributed by atoms with Crippen LogP contribution < -0.4 is 10.1 Å². The van der Waals surface area contributed by atoms with E-state index in [2.05, 4.69) is 26.1 Å². The van der Waals surface area contributed by atoms with Crippen molar-refractivity contribution in [1.29, 1.82) is 0 Å². The number of amides is 1. The third-order valence-corrected chi connectivity index (χ3v) is 5.53. The maximum absolute atomic E-state index is 12.3. The molecule has 26 heavy (non-hydrogen) atoms. The number of carbonyl (C=O) groups is 1. The van der Waals surface area contributed by atoms with Gasteiger partial charge in [0, 0.05) is 11.3 Å². The second-order valence-electron chi connectivity index (χ2n) is 8.01. The fourth-order valence-corrected chi connectivity index (χ4v) is 3.74. The molecule has 0 bridgehead atoms. The van der Waals surface area contributed by atoms with Gasteiger partial charge >= 0.3 is 0 Å². The number of hydrogen-bond donors (Lipinski definition) is 1. The molecule has 0 unspecified atom stereocenters. The van der Waals surface area contributed by atoms with Crippen LogP contribution in [0.1, 0.15) is 56.8 Å². The number of para-hydroxylation sites is 1. The number of benzene rings is 2. The van der Waals surface area contributed by atoms with Crippen LogP contribution in [0.15, 0.2) is 54.6 Å². The van der Waals surface area contributed by atoms with Gasteiger partial charge in [0.25, 0.3) is 5.91 Å². The van der Waals surface area contributed by atoms with Crippen LogP contribution in [0.5, 0.6) is 5.75 Å². The van der Waals surface area contributed by atoms with Gasteiger partial charge in [0.1, 0.15) is 11.4 Å². The second-order valence-corrected chi connectivity index (χ2v) is 8.01. The number of nitrogens with one attached hydrogen (secondary N) is 1. The fraction of sp³-hybridized carbons (Fsp3) is 0.435. The maximum Gasteiger partial charge on any atom is 0.255 e. The van der Waals surface area contributed by atoms with Crippen LogP contribution in [0.25, 0.3) is 0 Å². The summed E-state index contributed by atoms with van der Waals surface area (Å²) in [4.78, 5) is 12.3. The number of anilines is 1. The average Bonchev–Trinajstić information content (AvgIpc) is 2.63. The van der Waals surface area contributed by atoms with Crippen molar-refractivity contribution in [3.05, 3.63) is 60.2 Å². The van der Waals surface area contributed by atoms with E-state index in [1.807, 2.05) is 54.6 Å². The normalized spacial score (nSPS) is 20.4. The highest BCUT2D eigenvalue weighted by molar-refractivity contribution is 6.04. The molecule has 0 radical (unpaired) electrons. The second kappa shape index (κ2) is 7.94. The Kier molecular flexibility index (Phi) is 5.65. The van der Waals surface area contributed by atoms with E-state index < -0.39 is 0 Å². The standard InChI is InChI=1S/C23H29NO2/c1-17-9-13-19(14-10-17)23(2,3)26-21-15-11-18(12-16-21)22(25)24-20-7-5-4-6-8-20/h4-8,11-12,15-17,19H,9-10,13-14H2,1-3H3,(H,24,25)/t17-,19+. The van der Waals surface area contributed by atoms with Gasteiger partial charge in [-0.05, 0) is 74.9 Å². The van der Waals surface area contributed by atoms with Crippen LogP contribution in [-0.4, -0.2) is 11.5 Å². The summed E-state index contributed by atoms with van der Waals surface area (Å²) in [6.07, 6.45) is 5.03. The summed E-state index contributed by atoms with van der Waals surface area (Å²) in [6, 6.07) is 16.9. The highest BCUT2D eigenvalue weighted by Crippen LogP contribution is 2.37. The summed E-state index contributed by atoms with van der Waals surface area (Å²) in [5, 5.41) is 2.90. The SMILES string of the molecule is CC(C)(Oc1ccc(C(=O)Nc2ccccc2)cc1)[C@H]1CC[C@@H](C)CC1. The molecule has 2 aromatic carbocycles. The summed E-state index contributed by atoms with van der Waals surface area (Å²) < 4.78 is 6.30. The Balaban J connectivity index is 1.61. The zero-order chi connectivity index (χ0) is 18.6. The smallest absolute Gasteiger partial charge is 0.255 e. The van der Waals surface area contributed by atoms with Crippen molar-refractivity contribution in [1.82, 2.24) is 0 Å². The van der Waals surface area contributed by atoms with E-state index in [4.69, 9.17) is 4.74 Å². The lowest BCUT2D eigenvalue weighted by Crippen LogP contribution is -2.39. The first-order valence-electron chi connectivity index (χ1n) is 9.59. The van der Waals surface area contributed by atoms with Gasteiger partial charge in [0.2, 0.25) is 0 Å². The summed E-state index contributed by atoms with van der Waals surface area (Å²) in [5.74, 6) is 2.14. The van der Waals surface area contributed by atoms with Gasteiger partial charge in [-0.2, -0.15) is 0 Å². The lowest BCUT2D eigenvalue weighted by molar-refractivity contribution is 0.0188. The largest absolute Gasteiger partial charge is 0.488 e. The van der Waals surface area contributed by atoms with Gasteiger partial charge in [-0.3, -0.25) is 4.79 Å². The quantitative estimate of drug-likeness (QED) is 0.726. The maximum atomic E-state index is 12.3. The van der Waals surface area contributed by atoms with Crippen molar-refractivity contribution in [2.75, 3.05) is 5.32 Å². The molecule has 138 valence electrons. The van der Waals surface area contributed by atoms with Gasteiger partial charge < -0.3 is 10.1 Å². The molecule has 3 rings (SSSR count). The Morgan fingerprint density at radius 2 is 1.58 bits per heavy atom. The highest BCUT2D eigenvalue weighted by atomic mass is 16.5. The number of ether oxygens (including phenoxy) is 1. The molecule has 1 aliphatic rings. The minimum absolute atomic E-state index is 0.108. The molecular formula is C23H29NO2. The van der Waals surface area contributed by atoms with Crippen molar-refractivity contribution >= 4 is 11.6 Å². The van der Waals surface area contributed by atoms with E-state index in [0.29, 0.717) is 11.5 Å². The Morgan fingerprint density at radius 3 is 2.19 bits per heavy atom. The van der Waals surface area contributed by atoms with E-state index in [9.17, 15) is 4.79 Å². The molecule has 1 aliphatic carbocycles. The predicted molar refractivity (Wildman–Crippen MR) is 107 cm³/mol. The van der Waals surface area contributed by atoms with Crippen LogP contribution in [0.2, 0.25) is 0 Å². The molecule has 1 saturated carbocycles. The van der Waals surface area contributed by atoms with Crippen LogP contribution in [-0.2, 0) is 0 Å². The van der Waals surface area contributed by atoms with E-state index >= 15 is 0 Å². The monoisotopic (exact) mass is 351 g/mol. The molecule has 0 atom stereocenters. The Morgan fingerprint density at radius 1 is 0.962 bits per heavy atom. The summed E-state index contributed by atoms with van der Waals surface area (Å²) in [6.45, 7) is 6.71. The fourth-order valence-electron chi connectivity index (χ4n) is 3.74. The van der Waals surface area contributed by atoms with Crippen molar-refractivity contribution in [2.24, 2.45) is 11.8 Å². The average molecular weight is 351 g/mol. The highest BCUT2D eigenvalue weighted by Gasteiger charge is 2.34. The molecule has 0 spiro atoms. The van der Waals surface area contributed by atoms with E-state index in [0.717, 1.165) is 17.4 Å². The zero-order valence-corrected chi connectivity index (χ0v) is 16.0. The summed E-state index contributed by atoms with van der Waals surface area (Å²) in [5.41, 5.74) is 1.24. The first kappa shape index (κ1) is 18.5. The molecule has 2 aromatic rings. The van der Waals surface area contributed by atoms with Gasteiger partial charge in [-0.25, -0.2) is 0 Å². The molecule has 1 N–H and O–H groups in total. The number of rotatable bonds is 5. The topological polar surface area (TPSA) is 38.3 Å². The molecule has 0 saturated heterocycles. The van der Waals surface area contributed by atoms with Gasteiger partial charge in [0.05, 0.1) is 0 Å². The van der Waals surface area contributed by atoms with Crippen molar-refractivity contribution in [2.45, 2.75) is 52.1 Å². The van der Waals surface area contributed by atoms with Crippen LogP contribution in [0.3, 0.4) is 0 Å². The summed E-state index contributed by atoms with van der Waals surface area (Å²) in [7, 11) is 0. The van der Waals surface area contributed by atoms with Crippen LogP contribution in [0, 0.1) is 11.8 Å². The molecule has 1 fully saturated rings. The Bertz CT molecular complexity index is 714. The molecule has 1 amide bonds. The first-order valence-corrected chi connectivity index (χ1v) is 9.59. The number of hydrogen-bond acceptors (Lipinski definition) is 2. The lowest BCUT2D eigenvalue weighted by atomic mass is 9.75. The third kappa shape index (κ3) is 4.66. The Labute approximate surface area is 156 Å². The van der Waals surface area contributed by atoms with E-state index in [-0.39, 0.29) is 11.5 Å². The molecule has 0 aliphatic heterocycles. The third-order valence-electron chi connectivity index (χ3n) is 5.53. The van der Waals surface area contributed by atoms with Crippen LogP contribution >= 0.6 is 0 Å². The molecular weight excluding hydrogens is 322 g/mol. The van der Waals surface area contributed by atoms with Crippen LogP contribution in [0.4, 0.5) is 5.69 Å². The molecule has 0 heterocycles. The van der Waals surface area contributed by atoms with Gasteiger partial charge in [-0.15, -0.1) is 0 Å². The minimum Gasteiger partial charge on any atom is -0.488 e. The van der Waals surface area contributed by atoms with E-state index in [1.165, 1.54) is 25.7 Å². The lowest BCUT2D eigenvalue weighted by Gasteiger charge is -2.38. The zero-order valence-electron chi connectivity index (χ0n) is 16.0. The van der Waals surface area contributed by atoms with E-state index in [1.54, 1.807) is 0 Å². The van der Waals surface area contributed by atoms with Crippen molar-refractivity contribution in [3.63, 3.8) is 0 Å². The molecule has 3 heteroatoms. The van der Waals surface area contributed by atoms with Crippen molar-refractivity contribution < 1.29 is 9.53 Å². The number of carbonyl (C=O) groups excluding carboxylic acids is 1. The van der Waals surface area contributed by atoms with Gasteiger partial charge in [0.15, 0.2) is 0 Å². The molecule has 0 aromatic heterocycles. The van der Waals surface area contributed by atoms with Gasteiger partial charge in [-0.1, -0.05) is 38.0 Å². The first-order chi connectivity index (χ1) is 12.4. The van der Waals surface area contributed by atoms with Crippen molar-refractivity contribution in [3.8, 4) is 5.75 Å². The predicted octanol–water partition coefficient (Wildman–Crippen LogP) is 5.92. The Hall–Kier alpha value is -2.29. The minimum atomic E-state index is -0.187.